The quantitative estimate of drug-likeness (QED) is 0.903. The van der Waals surface area contributed by atoms with Crippen molar-refractivity contribution in [3.05, 3.63) is 35.4 Å². The van der Waals surface area contributed by atoms with Crippen molar-refractivity contribution >= 4 is 11.8 Å². The number of carbonyl (C=O) groups is 1. The Morgan fingerprint density at radius 2 is 2.09 bits per heavy atom. The van der Waals surface area contributed by atoms with Gasteiger partial charge in [0.15, 0.2) is 0 Å². The maximum atomic E-state index is 11.1. The summed E-state index contributed by atoms with van der Waals surface area (Å²) in [5.74, 6) is -2.11. The third-order valence-electron chi connectivity index (χ3n) is 3.36. The highest BCUT2D eigenvalue weighted by Crippen LogP contribution is 2.29. The van der Waals surface area contributed by atoms with Crippen LogP contribution in [-0.4, -0.2) is 20.9 Å². The molecule has 0 radical (unpaired) electrons. The molecule has 22 heavy (non-hydrogen) atoms. The van der Waals surface area contributed by atoms with Gasteiger partial charge in [-0.25, -0.2) is 4.68 Å². The number of nitriles is 1. The fraction of sp³-hybridized carbons (Fsp3) is 0.312. The average Bonchev–Trinajstić information content (AvgIpc) is 2.88. The van der Waals surface area contributed by atoms with E-state index >= 15 is 0 Å². The molecule has 6 nitrogen and oxygen atoms in total. The number of benzene rings is 1. The van der Waals surface area contributed by atoms with Gasteiger partial charge in [-0.15, -0.1) is 0 Å². The second-order valence-electron chi connectivity index (χ2n) is 4.75. The number of hydrogen-bond acceptors (Lipinski definition) is 4. The van der Waals surface area contributed by atoms with Gasteiger partial charge >= 0.3 is 5.97 Å². The standard InChI is InChI=1S/C16H18N4O2/c1-9(2)20-15(18)13(8-17)14(19-20)12-6-4-11(5-7-12)10(3)16(21)22/h4-7,9-10H,18H2,1-3H3,(H,21,22)/i1D3,2D3. The second kappa shape index (κ2) is 5.90. The first-order valence-electron chi connectivity index (χ1n) is 9.40. The Morgan fingerprint density at radius 3 is 2.59 bits per heavy atom. The van der Waals surface area contributed by atoms with E-state index in [4.69, 9.17) is 19.1 Å². The molecular formula is C16H18N4O2. The lowest BCUT2D eigenvalue weighted by Crippen LogP contribution is -2.07. The van der Waals surface area contributed by atoms with Crippen LogP contribution in [0, 0.1) is 11.3 Å². The average molecular weight is 304 g/mol. The molecule has 0 aliphatic heterocycles. The molecule has 1 unspecified atom stereocenters. The van der Waals surface area contributed by atoms with Crippen LogP contribution in [-0.2, 0) is 4.79 Å². The summed E-state index contributed by atoms with van der Waals surface area (Å²) < 4.78 is 46.0. The lowest BCUT2D eigenvalue weighted by molar-refractivity contribution is -0.138. The third kappa shape index (κ3) is 2.66. The molecule has 0 aliphatic rings. The van der Waals surface area contributed by atoms with Gasteiger partial charge in [-0.1, -0.05) is 24.3 Å². The molecule has 0 saturated heterocycles. The number of hydrogen-bond donors (Lipinski definition) is 2. The topological polar surface area (TPSA) is 105 Å². The van der Waals surface area contributed by atoms with Crippen LogP contribution in [0.5, 0.6) is 0 Å². The molecule has 1 aromatic carbocycles. The summed E-state index contributed by atoms with van der Waals surface area (Å²) in [4.78, 5) is 11.1. The molecule has 1 aromatic heterocycles. The third-order valence-corrected chi connectivity index (χ3v) is 3.36. The minimum absolute atomic E-state index is 0.0213. The summed E-state index contributed by atoms with van der Waals surface area (Å²) in [5.41, 5.74) is 6.62. The molecule has 0 aliphatic carbocycles. The van der Waals surface area contributed by atoms with Crippen molar-refractivity contribution in [2.45, 2.75) is 32.6 Å². The molecule has 2 aromatic rings. The van der Waals surface area contributed by atoms with Gasteiger partial charge in [0.05, 0.1) is 5.92 Å². The highest BCUT2D eigenvalue weighted by molar-refractivity contribution is 5.77. The highest BCUT2D eigenvalue weighted by atomic mass is 16.4. The summed E-state index contributed by atoms with van der Waals surface area (Å²) in [5, 5.41) is 22.5. The molecule has 1 atom stereocenters. The first-order chi connectivity index (χ1) is 12.8. The molecule has 0 saturated carbocycles. The van der Waals surface area contributed by atoms with E-state index in [1.807, 2.05) is 6.07 Å². The Labute approximate surface area is 137 Å². The van der Waals surface area contributed by atoms with Crippen molar-refractivity contribution in [2.75, 3.05) is 5.73 Å². The molecule has 2 rings (SSSR count). The van der Waals surface area contributed by atoms with E-state index in [0.717, 1.165) is 0 Å². The van der Waals surface area contributed by atoms with E-state index in [1.165, 1.54) is 31.2 Å². The Bertz CT molecular complexity index is 911. The molecule has 0 spiro atoms. The molecule has 0 bridgehead atoms. The van der Waals surface area contributed by atoms with Crippen molar-refractivity contribution in [1.29, 1.82) is 5.26 Å². The number of rotatable bonds is 4. The SMILES string of the molecule is [2H]C([2H])([2H])C(n1nc(-c2ccc(C(C)C(=O)O)cc2)c(C#N)c1N)C([2H])([2H])[2H]. The first kappa shape index (κ1) is 9.26. The van der Waals surface area contributed by atoms with Crippen molar-refractivity contribution in [3.63, 3.8) is 0 Å². The minimum atomic E-state index is -2.93. The molecule has 6 heteroatoms. The van der Waals surface area contributed by atoms with Gasteiger partial charge in [0, 0.05) is 19.8 Å². The van der Waals surface area contributed by atoms with Crippen LogP contribution in [0.2, 0.25) is 0 Å². The number of nitrogens with two attached hydrogens (primary N) is 1. The van der Waals surface area contributed by atoms with Gasteiger partial charge in [-0.05, 0) is 26.2 Å². The number of carboxylic acids is 1. The zero-order chi connectivity index (χ0) is 21.4. The van der Waals surface area contributed by atoms with Gasteiger partial charge in [0.25, 0.3) is 0 Å². The second-order valence-corrected chi connectivity index (χ2v) is 4.75. The predicted molar refractivity (Wildman–Crippen MR) is 83.2 cm³/mol. The van der Waals surface area contributed by atoms with Crippen molar-refractivity contribution in [2.24, 2.45) is 0 Å². The fourth-order valence-corrected chi connectivity index (χ4v) is 2.03. The maximum Gasteiger partial charge on any atom is 0.310 e. The van der Waals surface area contributed by atoms with Crippen LogP contribution in [0.3, 0.4) is 0 Å². The van der Waals surface area contributed by atoms with Gasteiger partial charge in [0.2, 0.25) is 0 Å². The Hall–Kier alpha value is -2.81. The highest BCUT2D eigenvalue weighted by Gasteiger charge is 2.19. The zero-order valence-electron chi connectivity index (χ0n) is 17.7. The summed E-state index contributed by atoms with van der Waals surface area (Å²) in [6, 6.07) is 5.91. The Morgan fingerprint density at radius 1 is 1.45 bits per heavy atom. The first-order valence-corrected chi connectivity index (χ1v) is 6.40. The molecule has 1 heterocycles. The van der Waals surface area contributed by atoms with Crippen LogP contribution in [0.15, 0.2) is 24.3 Å². The Balaban J connectivity index is 2.61. The number of carboxylic acid groups (broad SMARTS) is 1. The lowest BCUT2D eigenvalue weighted by Gasteiger charge is -2.07. The van der Waals surface area contributed by atoms with Crippen LogP contribution in [0.1, 0.15) is 51.9 Å². The van der Waals surface area contributed by atoms with Crippen LogP contribution in [0.4, 0.5) is 5.82 Å². The van der Waals surface area contributed by atoms with Crippen molar-refractivity contribution in [3.8, 4) is 17.3 Å². The van der Waals surface area contributed by atoms with Gasteiger partial charge < -0.3 is 10.8 Å². The fourth-order valence-electron chi connectivity index (χ4n) is 2.03. The van der Waals surface area contributed by atoms with Crippen LogP contribution < -0.4 is 5.73 Å². The van der Waals surface area contributed by atoms with E-state index in [0.29, 0.717) is 15.8 Å². The number of nitrogens with zero attached hydrogens (tertiary/aromatic N) is 3. The minimum Gasteiger partial charge on any atom is -0.481 e. The molecular weight excluding hydrogens is 280 g/mol. The summed E-state index contributed by atoms with van der Waals surface area (Å²) in [6.45, 7) is -4.35. The molecule has 0 amide bonds. The molecule has 114 valence electrons. The molecule has 0 fully saturated rings. The van der Waals surface area contributed by atoms with Crippen molar-refractivity contribution < 1.29 is 18.1 Å². The lowest BCUT2D eigenvalue weighted by atomic mass is 9.98. The normalized spacial score (nSPS) is 17.3. The van der Waals surface area contributed by atoms with Gasteiger partial charge in [-0.3, -0.25) is 4.79 Å². The number of aromatic nitrogens is 2. The van der Waals surface area contributed by atoms with Crippen LogP contribution >= 0.6 is 0 Å². The predicted octanol–water partition coefficient (Wildman–Crippen LogP) is 2.77. The number of anilines is 1. The Kier molecular flexibility index (Phi) is 2.48. The maximum absolute atomic E-state index is 11.1. The van der Waals surface area contributed by atoms with E-state index in [2.05, 4.69) is 5.10 Å². The van der Waals surface area contributed by atoms with Crippen molar-refractivity contribution in [1.82, 2.24) is 9.78 Å². The molecule has 3 N–H and O–H groups in total. The summed E-state index contributed by atoms with van der Waals surface area (Å²) in [6.07, 6.45) is 0. The van der Waals surface area contributed by atoms with E-state index in [9.17, 15) is 10.1 Å². The number of nitrogen functional groups attached to an aromatic ring is 1. The summed E-state index contributed by atoms with van der Waals surface area (Å²) >= 11 is 0. The van der Waals surface area contributed by atoms with E-state index in [-0.39, 0.29) is 17.1 Å². The zero-order valence-corrected chi connectivity index (χ0v) is 11.7. The van der Waals surface area contributed by atoms with E-state index in [1.54, 1.807) is 0 Å². The monoisotopic (exact) mass is 304 g/mol. The van der Waals surface area contributed by atoms with E-state index < -0.39 is 31.6 Å². The van der Waals surface area contributed by atoms with Gasteiger partial charge in [0.1, 0.15) is 23.1 Å². The van der Waals surface area contributed by atoms with Crippen LogP contribution in [0.25, 0.3) is 11.3 Å². The largest absolute Gasteiger partial charge is 0.481 e. The smallest absolute Gasteiger partial charge is 0.310 e. The van der Waals surface area contributed by atoms with Gasteiger partial charge in [-0.2, -0.15) is 10.4 Å². The number of aliphatic carboxylic acids is 1. The summed E-state index contributed by atoms with van der Waals surface area (Å²) in [7, 11) is 0.